The Labute approximate surface area is 88.4 Å². The standard InChI is InChI=1S/C12H24N2/c1-3-10-14(12-7-8-12)11-6-4-5-9-13-2/h3,12-13H,1,4-11H2,2H3. The Morgan fingerprint density at radius 3 is 2.71 bits per heavy atom. The Hall–Kier alpha value is -0.340. The Bertz CT molecular complexity index is 152. The molecule has 0 bridgehead atoms. The molecule has 0 unspecified atom stereocenters. The average molecular weight is 196 g/mol. The van der Waals surface area contributed by atoms with Crippen molar-refractivity contribution in [1.82, 2.24) is 10.2 Å². The zero-order valence-electron chi connectivity index (χ0n) is 9.47. The van der Waals surface area contributed by atoms with Gasteiger partial charge < -0.3 is 5.32 Å². The van der Waals surface area contributed by atoms with Gasteiger partial charge in [-0.1, -0.05) is 12.5 Å². The van der Waals surface area contributed by atoms with E-state index < -0.39 is 0 Å². The van der Waals surface area contributed by atoms with Crippen molar-refractivity contribution in [2.45, 2.75) is 38.1 Å². The Morgan fingerprint density at radius 1 is 1.36 bits per heavy atom. The van der Waals surface area contributed by atoms with Crippen LogP contribution in [-0.4, -0.2) is 37.6 Å². The fourth-order valence-electron chi connectivity index (χ4n) is 1.82. The molecule has 0 radical (unpaired) electrons. The predicted molar refractivity (Wildman–Crippen MR) is 62.6 cm³/mol. The highest BCUT2D eigenvalue weighted by Gasteiger charge is 2.27. The summed E-state index contributed by atoms with van der Waals surface area (Å²) in [5.41, 5.74) is 0. The van der Waals surface area contributed by atoms with Crippen molar-refractivity contribution in [2.24, 2.45) is 0 Å². The van der Waals surface area contributed by atoms with Crippen LogP contribution in [0.15, 0.2) is 12.7 Å². The second kappa shape index (κ2) is 7.02. The topological polar surface area (TPSA) is 15.3 Å². The second-order valence-corrected chi connectivity index (χ2v) is 4.18. The molecule has 1 aliphatic rings. The van der Waals surface area contributed by atoms with Crippen molar-refractivity contribution in [3.63, 3.8) is 0 Å². The lowest BCUT2D eigenvalue weighted by Crippen LogP contribution is -2.27. The van der Waals surface area contributed by atoms with Crippen molar-refractivity contribution in [2.75, 3.05) is 26.7 Å². The normalized spacial score (nSPS) is 16.1. The molecule has 1 rings (SSSR count). The van der Waals surface area contributed by atoms with Gasteiger partial charge in [-0.15, -0.1) is 6.58 Å². The SMILES string of the molecule is C=CCN(CCCCCNC)C1CC1. The van der Waals surface area contributed by atoms with E-state index in [1.54, 1.807) is 0 Å². The number of rotatable bonds is 9. The maximum atomic E-state index is 3.82. The van der Waals surface area contributed by atoms with Gasteiger partial charge in [0.25, 0.3) is 0 Å². The van der Waals surface area contributed by atoms with Crippen LogP contribution in [0.2, 0.25) is 0 Å². The molecule has 0 aromatic rings. The molecule has 1 fully saturated rings. The minimum Gasteiger partial charge on any atom is -0.320 e. The molecule has 0 heterocycles. The highest BCUT2D eigenvalue weighted by Crippen LogP contribution is 2.26. The summed E-state index contributed by atoms with van der Waals surface area (Å²) in [4.78, 5) is 2.58. The molecule has 2 nitrogen and oxygen atoms in total. The maximum Gasteiger partial charge on any atom is 0.0163 e. The predicted octanol–water partition coefficient (Wildman–Crippen LogP) is 2.03. The van der Waals surface area contributed by atoms with Crippen LogP contribution in [0.3, 0.4) is 0 Å². The van der Waals surface area contributed by atoms with E-state index >= 15 is 0 Å². The average Bonchev–Trinajstić information content (AvgIpc) is 2.99. The molecule has 14 heavy (non-hydrogen) atoms. The summed E-state index contributed by atoms with van der Waals surface area (Å²) in [6.07, 6.45) is 8.84. The molecule has 0 amide bonds. The number of nitrogens with zero attached hydrogens (tertiary/aromatic N) is 1. The quantitative estimate of drug-likeness (QED) is 0.448. The highest BCUT2D eigenvalue weighted by atomic mass is 15.2. The Kier molecular flexibility index (Phi) is 5.88. The zero-order chi connectivity index (χ0) is 10.2. The first-order valence-electron chi connectivity index (χ1n) is 5.88. The lowest BCUT2D eigenvalue weighted by Gasteiger charge is -2.19. The first-order chi connectivity index (χ1) is 6.88. The summed E-state index contributed by atoms with van der Waals surface area (Å²) in [7, 11) is 2.02. The summed E-state index contributed by atoms with van der Waals surface area (Å²) in [6.45, 7) is 7.32. The number of hydrogen-bond donors (Lipinski definition) is 1. The van der Waals surface area contributed by atoms with Crippen molar-refractivity contribution in [3.8, 4) is 0 Å². The molecule has 0 aromatic carbocycles. The fraction of sp³-hybridized carbons (Fsp3) is 0.833. The van der Waals surface area contributed by atoms with E-state index in [0.717, 1.165) is 19.1 Å². The highest BCUT2D eigenvalue weighted by molar-refractivity contribution is 4.87. The molecule has 82 valence electrons. The van der Waals surface area contributed by atoms with Gasteiger partial charge in [-0.25, -0.2) is 0 Å². The van der Waals surface area contributed by atoms with Crippen molar-refractivity contribution < 1.29 is 0 Å². The largest absolute Gasteiger partial charge is 0.320 e. The van der Waals surface area contributed by atoms with E-state index in [1.165, 1.54) is 38.6 Å². The van der Waals surface area contributed by atoms with E-state index in [-0.39, 0.29) is 0 Å². The van der Waals surface area contributed by atoms with E-state index in [9.17, 15) is 0 Å². The van der Waals surface area contributed by atoms with E-state index in [0.29, 0.717) is 0 Å². The molecule has 1 aliphatic carbocycles. The van der Waals surface area contributed by atoms with Crippen LogP contribution in [0.4, 0.5) is 0 Å². The lowest BCUT2D eigenvalue weighted by atomic mass is 10.2. The van der Waals surface area contributed by atoms with Crippen molar-refractivity contribution >= 4 is 0 Å². The third-order valence-electron chi connectivity index (χ3n) is 2.80. The molecule has 0 atom stereocenters. The molecule has 0 spiro atoms. The van der Waals surface area contributed by atoms with Gasteiger partial charge in [0.2, 0.25) is 0 Å². The van der Waals surface area contributed by atoms with Gasteiger partial charge in [0.15, 0.2) is 0 Å². The second-order valence-electron chi connectivity index (χ2n) is 4.18. The van der Waals surface area contributed by atoms with Crippen LogP contribution in [-0.2, 0) is 0 Å². The van der Waals surface area contributed by atoms with Crippen LogP contribution >= 0.6 is 0 Å². The molecule has 0 aromatic heterocycles. The van der Waals surface area contributed by atoms with Gasteiger partial charge in [0.05, 0.1) is 0 Å². The van der Waals surface area contributed by atoms with Gasteiger partial charge >= 0.3 is 0 Å². The maximum absolute atomic E-state index is 3.82. The van der Waals surface area contributed by atoms with E-state index in [4.69, 9.17) is 0 Å². The summed E-state index contributed by atoms with van der Waals surface area (Å²) in [5, 5.41) is 3.19. The Balaban J connectivity index is 1.98. The van der Waals surface area contributed by atoms with E-state index in [2.05, 4.69) is 16.8 Å². The number of nitrogens with one attached hydrogen (secondary N) is 1. The first kappa shape index (κ1) is 11.7. The lowest BCUT2D eigenvalue weighted by molar-refractivity contribution is 0.284. The van der Waals surface area contributed by atoms with Crippen molar-refractivity contribution in [3.05, 3.63) is 12.7 Å². The minimum atomic E-state index is 0.886. The molecular weight excluding hydrogens is 172 g/mol. The first-order valence-corrected chi connectivity index (χ1v) is 5.88. The van der Waals surface area contributed by atoms with Crippen LogP contribution in [0.5, 0.6) is 0 Å². The van der Waals surface area contributed by atoms with Gasteiger partial charge in [-0.05, 0) is 45.8 Å². The zero-order valence-corrected chi connectivity index (χ0v) is 9.47. The summed E-state index contributed by atoms with van der Waals surface area (Å²) < 4.78 is 0. The van der Waals surface area contributed by atoms with Crippen LogP contribution < -0.4 is 5.32 Å². The van der Waals surface area contributed by atoms with Gasteiger partial charge in [0, 0.05) is 12.6 Å². The molecule has 0 saturated heterocycles. The number of unbranched alkanes of at least 4 members (excludes halogenated alkanes) is 2. The van der Waals surface area contributed by atoms with Crippen LogP contribution in [0.25, 0.3) is 0 Å². The van der Waals surface area contributed by atoms with Gasteiger partial charge in [-0.2, -0.15) is 0 Å². The van der Waals surface area contributed by atoms with Gasteiger partial charge in [0.1, 0.15) is 0 Å². The third kappa shape index (κ3) is 4.77. The summed E-state index contributed by atoms with van der Waals surface area (Å²) >= 11 is 0. The minimum absolute atomic E-state index is 0.886. The number of hydrogen-bond acceptors (Lipinski definition) is 2. The monoisotopic (exact) mass is 196 g/mol. The molecule has 1 saturated carbocycles. The molecule has 2 heteroatoms. The third-order valence-corrected chi connectivity index (χ3v) is 2.80. The summed E-state index contributed by atoms with van der Waals surface area (Å²) in [6, 6.07) is 0.886. The molecular formula is C12H24N2. The van der Waals surface area contributed by atoms with Gasteiger partial charge in [-0.3, -0.25) is 4.90 Å². The van der Waals surface area contributed by atoms with E-state index in [1.807, 2.05) is 13.1 Å². The molecule has 1 N–H and O–H groups in total. The van der Waals surface area contributed by atoms with Crippen molar-refractivity contribution in [1.29, 1.82) is 0 Å². The van der Waals surface area contributed by atoms with Crippen LogP contribution in [0.1, 0.15) is 32.1 Å². The van der Waals surface area contributed by atoms with Crippen LogP contribution in [0, 0.1) is 0 Å². The fourth-order valence-corrected chi connectivity index (χ4v) is 1.82. The smallest absolute Gasteiger partial charge is 0.0163 e. The Morgan fingerprint density at radius 2 is 2.14 bits per heavy atom. The summed E-state index contributed by atoms with van der Waals surface area (Å²) in [5.74, 6) is 0. The molecule has 0 aliphatic heterocycles.